The second-order valence-electron chi connectivity index (χ2n) is 3.59. The van der Waals surface area contributed by atoms with Crippen molar-refractivity contribution in [2.45, 2.75) is 6.42 Å². The van der Waals surface area contributed by atoms with Crippen LogP contribution in [-0.4, -0.2) is 26.5 Å². The Morgan fingerprint density at radius 1 is 1.50 bits per heavy atom. The molecule has 18 heavy (non-hydrogen) atoms. The van der Waals surface area contributed by atoms with Gasteiger partial charge in [-0.1, -0.05) is 16.8 Å². The fraction of sp³-hybridized carbons (Fsp3) is 0.200. The number of nitrogens with two attached hydrogens (primary N) is 1. The van der Waals surface area contributed by atoms with Crippen LogP contribution in [-0.2, 0) is 6.42 Å². The first-order valence-electron chi connectivity index (χ1n) is 5.17. The quantitative estimate of drug-likeness (QED) is 0.665. The molecule has 0 radical (unpaired) electrons. The number of hydrogen-bond donors (Lipinski definition) is 1. The molecule has 0 bridgehead atoms. The topological polar surface area (TPSA) is 99.9 Å². The summed E-state index contributed by atoms with van der Waals surface area (Å²) < 4.78 is 1.40. The van der Waals surface area contributed by atoms with Crippen LogP contribution in [0.25, 0.3) is 5.69 Å². The molecule has 94 valence electrons. The zero-order chi connectivity index (χ0) is 13.1. The highest BCUT2D eigenvalue weighted by atomic mass is 35.5. The molecule has 0 aliphatic rings. The van der Waals surface area contributed by atoms with Gasteiger partial charge in [-0.2, -0.15) is 0 Å². The van der Waals surface area contributed by atoms with Crippen LogP contribution in [0.1, 0.15) is 5.69 Å². The zero-order valence-corrected chi connectivity index (χ0v) is 10.0. The maximum absolute atomic E-state index is 10.7. The van der Waals surface area contributed by atoms with Crippen LogP contribution in [0.15, 0.2) is 24.4 Å². The van der Waals surface area contributed by atoms with Crippen LogP contribution in [0, 0.1) is 10.1 Å². The predicted octanol–water partition coefficient (Wildman–Crippen LogP) is 1.33. The van der Waals surface area contributed by atoms with Crippen molar-refractivity contribution in [1.82, 2.24) is 15.0 Å². The molecule has 0 fully saturated rings. The molecule has 0 aliphatic carbocycles. The monoisotopic (exact) mass is 267 g/mol. The van der Waals surface area contributed by atoms with E-state index >= 15 is 0 Å². The number of non-ortho nitro benzene ring substituents is 1. The zero-order valence-electron chi connectivity index (χ0n) is 9.28. The van der Waals surface area contributed by atoms with Crippen molar-refractivity contribution < 1.29 is 4.92 Å². The van der Waals surface area contributed by atoms with Gasteiger partial charge in [0.05, 0.1) is 27.5 Å². The molecule has 8 heteroatoms. The summed E-state index contributed by atoms with van der Waals surface area (Å²) in [6.07, 6.45) is 2.24. The predicted molar refractivity (Wildman–Crippen MR) is 65.8 cm³/mol. The molecule has 2 N–H and O–H groups in total. The number of aromatic nitrogens is 3. The number of hydrogen-bond acceptors (Lipinski definition) is 5. The molecule has 2 aromatic rings. The van der Waals surface area contributed by atoms with Gasteiger partial charge in [-0.15, -0.1) is 5.10 Å². The molecule has 0 amide bonds. The molecule has 0 saturated carbocycles. The lowest BCUT2D eigenvalue weighted by Gasteiger charge is -2.02. The van der Waals surface area contributed by atoms with E-state index in [0.29, 0.717) is 29.4 Å². The third-order valence-electron chi connectivity index (χ3n) is 2.33. The van der Waals surface area contributed by atoms with E-state index in [-0.39, 0.29) is 5.69 Å². The number of nitro benzene ring substituents is 1. The highest BCUT2D eigenvalue weighted by Gasteiger charge is 2.12. The van der Waals surface area contributed by atoms with Gasteiger partial charge in [0.25, 0.3) is 5.69 Å². The lowest BCUT2D eigenvalue weighted by atomic mass is 10.3. The van der Waals surface area contributed by atoms with E-state index in [1.807, 2.05) is 0 Å². The molecule has 0 spiro atoms. The number of benzene rings is 1. The smallest absolute Gasteiger partial charge is 0.271 e. The van der Waals surface area contributed by atoms with Gasteiger partial charge in [-0.25, -0.2) is 4.68 Å². The van der Waals surface area contributed by atoms with E-state index in [4.69, 9.17) is 17.3 Å². The van der Waals surface area contributed by atoms with E-state index in [1.165, 1.54) is 22.9 Å². The molecule has 1 aromatic heterocycles. The second-order valence-corrected chi connectivity index (χ2v) is 3.99. The molecule has 2 rings (SSSR count). The third kappa shape index (κ3) is 2.47. The highest BCUT2D eigenvalue weighted by molar-refractivity contribution is 6.32. The minimum absolute atomic E-state index is 0.0507. The van der Waals surface area contributed by atoms with Gasteiger partial charge in [0.2, 0.25) is 0 Å². The van der Waals surface area contributed by atoms with E-state index in [1.54, 1.807) is 6.20 Å². The van der Waals surface area contributed by atoms with Crippen LogP contribution in [0.5, 0.6) is 0 Å². The SMILES string of the molecule is NCCc1cn(-c2cc([N+](=O)[O-])ccc2Cl)nn1. The van der Waals surface area contributed by atoms with Gasteiger partial charge in [-0.05, 0) is 12.6 Å². The number of nitro groups is 1. The Morgan fingerprint density at radius 2 is 2.28 bits per heavy atom. The molecular weight excluding hydrogens is 258 g/mol. The van der Waals surface area contributed by atoms with Gasteiger partial charge < -0.3 is 5.73 Å². The van der Waals surface area contributed by atoms with Gasteiger partial charge in [0.1, 0.15) is 0 Å². The fourth-order valence-electron chi connectivity index (χ4n) is 1.47. The first-order chi connectivity index (χ1) is 8.61. The summed E-state index contributed by atoms with van der Waals surface area (Å²) in [7, 11) is 0. The molecule has 1 heterocycles. The van der Waals surface area contributed by atoms with Crippen molar-refractivity contribution in [3.05, 3.63) is 45.2 Å². The van der Waals surface area contributed by atoms with Crippen molar-refractivity contribution in [2.75, 3.05) is 6.54 Å². The number of halogens is 1. The Kier molecular flexibility index (Phi) is 3.54. The number of rotatable bonds is 4. The summed E-state index contributed by atoms with van der Waals surface area (Å²) in [6, 6.07) is 4.14. The Hall–Kier alpha value is -1.99. The summed E-state index contributed by atoms with van der Waals surface area (Å²) >= 11 is 5.99. The molecule has 7 nitrogen and oxygen atoms in total. The molecular formula is C10H10ClN5O2. The largest absolute Gasteiger partial charge is 0.330 e. The van der Waals surface area contributed by atoms with Crippen molar-refractivity contribution >= 4 is 17.3 Å². The van der Waals surface area contributed by atoms with Crippen molar-refractivity contribution in [3.8, 4) is 5.69 Å². The van der Waals surface area contributed by atoms with Gasteiger partial charge in [0, 0.05) is 18.6 Å². The van der Waals surface area contributed by atoms with E-state index in [2.05, 4.69) is 10.3 Å². The van der Waals surface area contributed by atoms with Crippen LogP contribution in [0.4, 0.5) is 5.69 Å². The normalized spacial score (nSPS) is 10.6. The first kappa shape index (κ1) is 12.5. The van der Waals surface area contributed by atoms with Gasteiger partial charge >= 0.3 is 0 Å². The summed E-state index contributed by atoms with van der Waals surface area (Å²) in [5.74, 6) is 0. The van der Waals surface area contributed by atoms with Crippen LogP contribution in [0.3, 0.4) is 0 Å². The lowest BCUT2D eigenvalue weighted by Crippen LogP contribution is -2.02. The molecule has 0 atom stereocenters. The highest BCUT2D eigenvalue weighted by Crippen LogP contribution is 2.24. The fourth-order valence-corrected chi connectivity index (χ4v) is 1.67. The minimum Gasteiger partial charge on any atom is -0.330 e. The van der Waals surface area contributed by atoms with Crippen molar-refractivity contribution in [1.29, 1.82) is 0 Å². The molecule has 1 aromatic carbocycles. The van der Waals surface area contributed by atoms with Crippen LogP contribution >= 0.6 is 11.6 Å². The minimum atomic E-state index is -0.489. The van der Waals surface area contributed by atoms with Crippen LogP contribution < -0.4 is 5.73 Å². The molecule has 0 aliphatic heterocycles. The first-order valence-corrected chi connectivity index (χ1v) is 5.55. The summed E-state index contributed by atoms with van der Waals surface area (Å²) in [4.78, 5) is 10.2. The van der Waals surface area contributed by atoms with Crippen molar-refractivity contribution in [2.24, 2.45) is 5.73 Å². The maximum Gasteiger partial charge on any atom is 0.271 e. The molecule has 0 unspecified atom stereocenters. The van der Waals surface area contributed by atoms with E-state index in [0.717, 1.165) is 0 Å². The second kappa shape index (κ2) is 5.11. The van der Waals surface area contributed by atoms with Crippen LogP contribution in [0.2, 0.25) is 5.02 Å². The van der Waals surface area contributed by atoms with E-state index in [9.17, 15) is 10.1 Å². The third-order valence-corrected chi connectivity index (χ3v) is 2.65. The average molecular weight is 268 g/mol. The Labute approximate surface area is 107 Å². The number of nitrogens with zero attached hydrogens (tertiary/aromatic N) is 4. The summed E-state index contributed by atoms with van der Waals surface area (Å²) in [6.45, 7) is 0.460. The lowest BCUT2D eigenvalue weighted by molar-refractivity contribution is -0.384. The van der Waals surface area contributed by atoms with Crippen molar-refractivity contribution in [3.63, 3.8) is 0 Å². The Bertz CT molecular complexity index is 583. The Morgan fingerprint density at radius 3 is 2.94 bits per heavy atom. The van der Waals surface area contributed by atoms with Gasteiger partial charge in [0.15, 0.2) is 0 Å². The average Bonchev–Trinajstić information content (AvgIpc) is 2.78. The maximum atomic E-state index is 10.7. The van der Waals surface area contributed by atoms with Gasteiger partial charge in [-0.3, -0.25) is 10.1 Å². The Balaban J connectivity index is 2.41. The van der Waals surface area contributed by atoms with E-state index < -0.39 is 4.92 Å². The summed E-state index contributed by atoms with van der Waals surface area (Å²) in [5.41, 5.74) is 6.49. The molecule has 0 saturated heterocycles. The standard InChI is InChI=1S/C10H10ClN5O2/c11-9-2-1-8(16(17)18)5-10(9)15-6-7(3-4-12)13-14-15/h1-2,5-6H,3-4,12H2. The summed E-state index contributed by atoms with van der Waals surface area (Å²) in [5, 5.41) is 18.8.